The zero-order chi connectivity index (χ0) is 18.4. The SMILES string of the molecule is O=C(c1cc(C2CC2)on1)N1CCc2c(nc(-c3ccccn3)[nH]c2=O)C1. The van der Waals surface area contributed by atoms with Gasteiger partial charge >= 0.3 is 0 Å². The highest BCUT2D eigenvalue weighted by molar-refractivity contribution is 5.92. The molecule has 1 aliphatic carbocycles. The molecule has 5 rings (SSSR count). The zero-order valence-corrected chi connectivity index (χ0v) is 14.5. The Balaban J connectivity index is 1.43. The van der Waals surface area contributed by atoms with Crippen LogP contribution in [0.25, 0.3) is 11.5 Å². The molecule has 0 aromatic carbocycles. The van der Waals surface area contributed by atoms with Crippen molar-refractivity contribution in [1.82, 2.24) is 25.0 Å². The zero-order valence-electron chi connectivity index (χ0n) is 14.5. The van der Waals surface area contributed by atoms with Gasteiger partial charge in [0.1, 0.15) is 11.5 Å². The summed E-state index contributed by atoms with van der Waals surface area (Å²) in [5, 5.41) is 3.93. The number of aromatic nitrogens is 4. The monoisotopic (exact) mass is 363 g/mol. The highest BCUT2D eigenvalue weighted by Gasteiger charge is 2.31. The quantitative estimate of drug-likeness (QED) is 0.762. The number of rotatable bonds is 3. The average molecular weight is 363 g/mol. The Morgan fingerprint density at radius 3 is 2.96 bits per heavy atom. The normalized spacial score (nSPS) is 16.2. The first-order valence-corrected chi connectivity index (χ1v) is 8.98. The molecular formula is C19H17N5O3. The van der Waals surface area contributed by atoms with E-state index >= 15 is 0 Å². The highest BCUT2D eigenvalue weighted by atomic mass is 16.5. The lowest BCUT2D eigenvalue weighted by Gasteiger charge is -2.27. The van der Waals surface area contributed by atoms with Crippen molar-refractivity contribution < 1.29 is 9.32 Å². The van der Waals surface area contributed by atoms with Crippen LogP contribution in [0.4, 0.5) is 0 Å². The van der Waals surface area contributed by atoms with Crippen LogP contribution in [0.15, 0.2) is 39.8 Å². The summed E-state index contributed by atoms with van der Waals surface area (Å²) in [4.78, 5) is 38.5. The lowest BCUT2D eigenvalue weighted by atomic mass is 10.1. The summed E-state index contributed by atoms with van der Waals surface area (Å²) in [6, 6.07) is 7.15. The Kier molecular flexibility index (Phi) is 3.63. The molecule has 8 heteroatoms. The van der Waals surface area contributed by atoms with Crippen LogP contribution in [0, 0.1) is 0 Å². The first-order valence-electron chi connectivity index (χ1n) is 8.98. The van der Waals surface area contributed by atoms with Crippen molar-refractivity contribution in [3.63, 3.8) is 0 Å². The van der Waals surface area contributed by atoms with Crippen molar-refractivity contribution in [1.29, 1.82) is 0 Å². The molecule has 136 valence electrons. The minimum absolute atomic E-state index is 0.176. The number of pyridine rings is 1. The molecule has 1 fully saturated rings. The molecule has 1 N–H and O–H groups in total. The van der Waals surface area contributed by atoms with Crippen LogP contribution in [-0.4, -0.2) is 37.5 Å². The molecule has 0 atom stereocenters. The Labute approximate surface area is 154 Å². The van der Waals surface area contributed by atoms with Crippen LogP contribution in [0.1, 0.15) is 46.3 Å². The standard InChI is InChI=1S/C19H17N5O3/c25-18-12-6-8-24(19(26)14-9-16(27-23-14)11-4-5-11)10-15(12)21-17(22-18)13-3-1-2-7-20-13/h1-3,7,9,11H,4-6,8,10H2,(H,21,22,25). The molecular weight excluding hydrogens is 346 g/mol. The van der Waals surface area contributed by atoms with Gasteiger partial charge in [0.25, 0.3) is 11.5 Å². The van der Waals surface area contributed by atoms with Gasteiger partial charge in [-0.2, -0.15) is 0 Å². The van der Waals surface area contributed by atoms with Gasteiger partial charge < -0.3 is 14.4 Å². The second kappa shape index (κ2) is 6.15. The summed E-state index contributed by atoms with van der Waals surface area (Å²) < 4.78 is 5.29. The molecule has 1 amide bonds. The lowest BCUT2D eigenvalue weighted by molar-refractivity contribution is 0.0720. The molecule has 0 unspecified atom stereocenters. The predicted molar refractivity (Wildman–Crippen MR) is 95.0 cm³/mol. The van der Waals surface area contributed by atoms with Crippen molar-refractivity contribution in [2.75, 3.05) is 6.54 Å². The number of hydrogen-bond donors (Lipinski definition) is 1. The topological polar surface area (TPSA) is 105 Å². The largest absolute Gasteiger partial charge is 0.360 e. The summed E-state index contributed by atoms with van der Waals surface area (Å²) >= 11 is 0. The van der Waals surface area contributed by atoms with E-state index in [9.17, 15) is 9.59 Å². The molecule has 3 aromatic heterocycles. The first kappa shape index (κ1) is 15.9. The molecule has 3 aromatic rings. The van der Waals surface area contributed by atoms with E-state index in [0.717, 1.165) is 18.6 Å². The molecule has 1 aliphatic heterocycles. The maximum Gasteiger partial charge on any atom is 0.276 e. The number of nitrogens with one attached hydrogen (secondary N) is 1. The van der Waals surface area contributed by atoms with Crippen LogP contribution in [-0.2, 0) is 13.0 Å². The molecule has 0 saturated heterocycles. The van der Waals surface area contributed by atoms with Crippen molar-refractivity contribution in [3.8, 4) is 11.5 Å². The second-order valence-electron chi connectivity index (χ2n) is 6.92. The van der Waals surface area contributed by atoms with Crippen molar-refractivity contribution in [2.45, 2.75) is 31.7 Å². The van der Waals surface area contributed by atoms with Gasteiger partial charge in [-0.05, 0) is 31.4 Å². The number of amides is 1. The first-order chi connectivity index (χ1) is 13.2. The van der Waals surface area contributed by atoms with Crippen LogP contribution in [0.5, 0.6) is 0 Å². The van der Waals surface area contributed by atoms with E-state index < -0.39 is 0 Å². The summed E-state index contributed by atoms with van der Waals surface area (Å²) in [5.41, 5.74) is 1.95. The highest BCUT2D eigenvalue weighted by Crippen LogP contribution is 2.40. The summed E-state index contributed by atoms with van der Waals surface area (Å²) in [5.74, 6) is 1.40. The number of carbonyl (C=O) groups is 1. The van der Waals surface area contributed by atoms with Gasteiger partial charge in [0.15, 0.2) is 11.5 Å². The molecule has 0 spiro atoms. The van der Waals surface area contributed by atoms with Crippen LogP contribution in [0.3, 0.4) is 0 Å². The fraction of sp³-hybridized carbons (Fsp3) is 0.316. The third-order valence-corrected chi connectivity index (χ3v) is 5.00. The van der Waals surface area contributed by atoms with E-state index in [1.807, 2.05) is 6.07 Å². The van der Waals surface area contributed by atoms with Crippen molar-refractivity contribution in [2.24, 2.45) is 0 Å². The van der Waals surface area contributed by atoms with Gasteiger partial charge in [-0.1, -0.05) is 11.2 Å². The van der Waals surface area contributed by atoms with Gasteiger partial charge in [-0.25, -0.2) is 4.98 Å². The number of aromatic amines is 1. The van der Waals surface area contributed by atoms with E-state index in [2.05, 4.69) is 20.1 Å². The van der Waals surface area contributed by atoms with E-state index in [0.29, 0.717) is 47.4 Å². The third-order valence-electron chi connectivity index (χ3n) is 5.00. The Morgan fingerprint density at radius 2 is 2.19 bits per heavy atom. The molecule has 4 heterocycles. The van der Waals surface area contributed by atoms with Crippen molar-refractivity contribution >= 4 is 5.91 Å². The Bertz CT molecular complexity index is 1070. The van der Waals surface area contributed by atoms with Crippen LogP contribution >= 0.6 is 0 Å². The number of nitrogens with zero attached hydrogens (tertiary/aromatic N) is 4. The van der Waals surface area contributed by atoms with E-state index in [-0.39, 0.29) is 18.0 Å². The van der Waals surface area contributed by atoms with Gasteiger partial charge in [0, 0.05) is 30.3 Å². The second-order valence-corrected chi connectivity index (χ2v) is 6.92. The maximum atomic E-state index is 12.8. The van der Waals surface area contributed by atoms with E-state index in [1.54, 1.807) is 29.3 Å². The minimum Gasteiger partial charge on any atom is -0.360 e. The van der Waals surface area contributed by atoms with Crippen LogP contribution < -0.4 is 5.56 Å². The summed E-state index contributed by atoms with van der Waals surface area (Å²) in [7, 11) is 0. The number of carbonyl (C=O) groups excluding carboxylic acids is 1. The summed E-state index contributed by atoms with van der Waals surface area (Å²) in [6.45, 7) is 0.717. The van der Waals surface area contributed by atoms with E-state index in [1.165, 1.54) is 0 Å². The molecule has 1 saturated carbocycles. The fourth-order valence-electron chi connectivity index (χ4n) is 3.35. The Hall–Kier alpha value is -3.29. The minimum atomic E-state index is -0.197. The molecule has 2 aliphatic rings. The van der Waals surface area contributed by atoms with Gasteiger partial charge in [0.2, 0.25) is 0 Å². The fourth-order valence-corrected chi connectivity index (χ4v) is 3.35. The third kappa shape index (κ3) is 2.92. The Morgan fingerprint density at radius 1 is 1.30 bits per heavy atom. The number of H-pyrrole nitrogens is 1. The van der Waals surface area contributed by atoms with Crippen LogP contribution in [0.2, 0.25) is 0 Å². The molecule has 8 nitrogen and oxygen atoms in total. The van der Waals surface area contributed by atoms with Crippen molar-refractivity contribution in [3.05, 3.63) is 63.5 Å². The number of hydrogen-bond acceptors (Lipinski definition) is 6. The lowest BCUT2D eigenvalue weighted by Crippen LogP contribution is -2.39. The van der Waals surface area contributed by atoms with Gasteiger partial charge in [-0.15, -0.1) is 0 Å². The predicted octanol–water partition coefficient (Wildman–Crippen LogP) is 1.90. The molecule has 27 heavy (non-hydrogen) atoms. The number of fused-ring (bicyclic) bond motifs is 1. The maximum absolute atomic E-state index is 12.8. The molecule has 0 radical (unpaired) electrons. The smallest absolute Gasteiger partial charge is 0.276 e. The van der Waals surface area contributed by atoms with E-state index in [4.69, 9.17) is 4.52 Å². The molecule has 0 bridgehead atoms. The average Bonchev–Trinajstić information content (AvgIpc) is 3.44. The van der Waals surface area contributed by atoms with Gasteiger partial charge in [0.05, 0.1) is 12.2 Å². The van der Waals surface area contributed by atoms with Gasteiger partial charge in [-0.3, -0.25) is 14.6 Å². The summed E-state index contributed by atoms with van der Waals surface area (Å²) in [6.07, 6.45) is 4.28.